The van der Waals surface area contributed by atoms with E-state index in [1.54, 1.807) is 18.2 Å². The van der Waals surface area contributed by atoms with Crippen molar-refractivity contribution in [2.75, 3.05) is 6.07 Å². The zero-order valence-electron chi connectivity index (χ0n) is 11.1. The molecule has 0 N–H and O–H groups in total. The molecule has 0 amide bonds. The van der Waals surface area contributed by atoms with E-state index >= 15 is 0 Å². The second-order valence-electron chi connectivity index (χ2n) is 4.18. The predicted octanol–water partition coefficient (Wildman–Crippen LogP) is 3.40. The van der Waals surface area contributed by atoms with E-state index < -0.39 is 11.9 Å². The number of esters is 2. The first-order valence-corrected chi connectivity index (χ1v) is 6.78. The summed E-state index contributed by atoms with van der Waals surface area (Å²) in [4.78, 5) is 23.5. The molecule has 0 aliphatic carbocycles. The second-order valence-corrected chi connectivity index (χ2v) is 4.40. The molecule has 0 aromatic heterocycles. The summed E-state index contributed by atoms with van der Waals surface area (Å²) in [6, 6.07) is 15.2. The third-order valence-corrected chi connectivity index (χ3v) is 2.84. The van der Waals surface area contributed by atoms with Gasteiger partial charge in [-0.25, -0.2) is 9.59 Å². The molecular formula is C16H13ClO4. The molecule has 4 nitrogen and oxygen atoms in total. The largest absolute Gasteiger partial charge is 0.457 e. The van der Waals surface area contributed by atoms with Gasteiger partial charge >= 0.3 is 11.9 Å². The van der Waals surface area contributed by atoms with E-state index in [9.17, 15) is 9.59 Å². The van der Waals surface area contributed by atoms with Gasteiger partial charge in [0.15, 0.2) is 6.07 Å². The fourth-order valence-corrected chi connectivity index (χ4v) is 1.81. The lowest BCUT2D eigenvalue weighted by Gasteiger charge is -2.06. The summed E-state index contributed by atoms with van der Waals surface area (Å²) < 4.78 is 9.86. The van der Waals surface area contributed by atoms with E-state index in [4.69, 9.17) is 16.3 Å². The van der Waals surface area contributed by atoms with Crippen LogP contribution >= 0.6 is 11.6 Å². The highest BCUT2D eigenvalue weighted by Gasteiger charge is 2.12. The van der Waals surface area contributed by atoms with Gasteiger partial charge in [0.25, 0.3) is 0 Å². The number of alkyl halides is 1. The van der Waals surface area contributed by atoms with E-state index in [1.807, 2.05) is 30.3 Å². The predicted molar refractivity (Wildman–Crippen MR) is 78.1 cm³/mol. The summed E-state index contributed by atoms with van der Waals surface area (Å²) in [7, 11) is 0. The maximum atomic E-state index is 12.0. The van der Waals surface area contributed by atoms with Crippen LogP contribution in [0, 0.1) is 0 Å². The smallest absolute Gasteiger partial charge is 0.339 e. The Bertz CT molecular complexity index is 625. The SMILES string of the molecule is O=C(OCCl)c1cccc(C(=O)OCc2ccccc2)c1. The molecule has 0 fully saturated rings. The lowest BCUT2D eigenvalue weighted by molar-refractivity contribution is 0.0472. The zero-order valence-corrected chi connectivity index (χ0v) is 11.9. The maximum absolute atomic E-state index is 12.0. The first-order chi connectivity index (χ1) is 10.2. The summed E-state index contributed by atoms with van der Waals surface area (Å²) in [5.74, 6) is -1.08. The summed E-state index contributed by atoms with van der Waals surface area (Å²) in [6.07, 6.45) is 0. The van der Waals surface area contributed by atoms with Gasteiger partial charge in [0.05, 0.1) is 11.1 Å². The van der Waals surface area contributed by atoms with Crippen molar-refractivity contribution in [2.24, 2.45) is 0 Å². The Morgan fingerprint density at radius 1 is 0.857 bits per heavy atom. The van der Waals surface area contributed by atoms with Crippen molar-refractivity contribution in [2.45, 2.75) is 6.61 Å². The van der Waals surface area contributed by atoms with Crippen LogP contribution in [0.5, 0.6) is 0 Å². The molecule has 0 spiro atoms. The average molecular weight is 305 g/mol. The van der Waals surface area contributed by atoms with Crippen LogP contribution in [0.4, 0.5) is 0 Å². The molecule has 0 heterocycles. The summed E-state index contributed by atoms with van der Waals surface area (Å²) in [5.41, 5.74) is 1.43. The first-order valence-electron chi connectivity index (χ1n) is 6.25. The van der Waals surface area contributed by atoms with Crippen LogP contribution in [0.3, 0.4) is 0 Å². The van der Waals surface area contributed by atoms with E-state index in [0.29, 0.717) is 0 Å². The van der Waals surface area contributed by atoms with Crippen LogP contribution in [0.15, 0.2) is 54.6 Å². The lowest BCUT2D eigenvalue weighted by atomic mass is 10.1. The third kappa shape index (κ3) is 4.33. The number of benzene rings is 2. The number of hydrogen-bond acceptors (Lipinski definition) is 4. The molecule has 0 saturated heterocycles. The van der Waals surface area contributed by atoms with E-state index in [0.717, 1.165) is 5.56 Å². The lowest BCUT2D eigenvalue weighted by Crippen LogP contribution is -2.08. The summed E-state index contributed by atoms with van der Waals surface area (Å²) in [6.45, 7) is 0.177. The average Bonchev–Trinajstić information content (AvgIpc) is 2.54. The number of carbonyl (C=O) groups excluding carboxylic acids is 2. The summed E-state index contributed by atoms with van der Waals surface area (Å²) >= 11 is 5.33. The van der Waals surface area contributed by atoms with Gasteiger partial charge in [-0.1, -0.05) is 48.0 Å². The fourth-order valence-electron chi connectivity index (χ4n) is 1.71. The fraction of sp³-hybridized carbons (Fsp3) is 0.125. The van der Waals surface area contributed by atoms with Crippen LogP contribution in [-0.2, 0) is 16.1 Å². The molecule has 0 unspecified atom stereocenters. The Labute approximate surface area is 127 Å². The van der Waals surface area contributed by atoms with E-state index in [1.165, 1.54) is 6.07 Å². The number of carbonyl (C=O) groups is 2. The van der Waals surface area contributed by atoms with Crippen molar-refractivity contribution >= 4 is 23.5 Å². The minimum atomic E-state index is -0.581. The van der Waals surface area contributed by atoms with Crippen molar-refractivity contribution in [1.29, 1.82) is 0 Å². The molecule has 0 radical (unpaired) electrons. The molecular weight excluding hydrogens is 292 g/mol. The molecule has 0 aliphatic heterocycles. The number of ether oxygens (including phenoxy) is 2. The van der Waals surface area contributed by atoms with Crippen LogP contribution < -0.4 is 0 Å². The standard InChI is InChI=1S/C16H13ClO4/c17-11-21-16(19)14-8-4-7-13(9-14)15(18)20-10-12-5-2-1-3-6-12/h1-9H,10-11H2. The van der Waals surface area contributed by atoms with Gasteiger partial charge in [-0.3, -0.25) is 0 Å². The normalized spacial score (nSPS) is 9.95. The Morgan fingerprint density at radius 3 is 2.10 bits per heavy atom. The highest BCUT2D eigenvalue weighted by atomic mass is 35.5. The van der Waals surface area contributed by atoms with Crippen molar-refractivity contribution in [3.8, 4) is 0 Å². The molecule has 0 bridgehead atoms. The third-order valence-electron chi connectivity index (χ3n) is 2.73. The molecule has 21 heavy (non-hydrogen) atoms. The van der Waals surface area contributed by atoms with Gasteiger partial charge in [-0.05, 0) is 23.8 Å². The van der Waals surface area contributed by atoms with Crippen molar-refractivity contribution in [3.05, 3.63) is 71.3 Å². The minimum Gasteiger partial charge on any atom is -0.457 e. The van der Waals surface area contributed by atoms with Crippen LogP contribution in [0.1, 0.15) is 26.3 Å². The maximum Gasteiger partial charge on any atom is 0.339 e. The van der Waals surface area contributed by atoms with E-state index in [2.05, 4.69) is 4.74 Å². The van der Waals surface area contributed by atoms with E-state index in [-0.39, 0.29) is 23.8 Å². The van der Waals surface area contributed by atoms with Crippen molar-refractivity contribution in [3.63, 3.8) is 0 Å². The van der Waals surface area contributed by atoms with Crippen molar-refractivity contribution in [1.82, 2.24) is 0 Å². The van der Waals surface area contributed by atoms with Crippen molar-refractivity contribution < 1.29 is 19.1 Å². The quantitative estimate of drug-likeness (QED) is 0.627. The topological polar surface area (TPSA) is 52.6 Å². The van der Waals surface area contributed by atoms with Gasteiger partial charge in [0.1, 0.15) is 6.61 Å². The highest BCUT2D eigenvalue weighted by Crippen LogP contribution is 2.10. The number of hydrogen-bond donors (Lipinski definition) is 0. The second kappa shape index (κ2) is 7.45. The number of rotatable bonds is 5. The molecule has 2 aromatic carbocycles. The van der Waals surface area contributed by atoms with Gasteiger partial charge < -0.3 is 9.47 Å². The minimum absolute atomic E-state index is 0.177. The van der Waals surface area contributed by atoms with Crippen LogP contribution in [0.25, 0.3) is 0 Å². The molecule has 0 atom stereocenters. The highest BCUT2D eigenvalue weighted by molar-refractivity contribution is 6.17. The van der Waals surface area contributed by atoms with Gasteiger partial charge in [0, 0.05) is 0 Å². The molecule has 2 aromatic rings. The monoisotopic (exact) mass is 304 g/mol. The Balaban J connectivity index is 2.02. The molecule has 108 valence electrons. The van der Waals surface area contributed by atoms with Gasteiger partial charge in [-0.2, -0.15) is 0 Å². The summed E-state index contributed by atoms with van der Waals surface area (Å²) in [5, 5.41) is 0. The van der Waals surface area contributed by atoms with Gasteiger partial charge in [0.2, 0.25) is 0 Å². The zero-order chi connectivity index (χ0) is 15.1. The molecule has 2 rings (SSSR count). The first kappa shape index (κ1) is 15.1. The Morgan fingerprint density at radius 2 is 1.48 bits per heavy atom. The Hall–Kier alpha value is -2.33. The Kier molecular flexibility index (Phi) is 5.35. The molecule has 0 aliphatic rings. The van der Waals surface area contributed by atoms with Gasteiger partial charge in [-0.15, -0.1) is 0 Å². The molecule has 5 heteroatoms. The van der Waals surface area contributed by atoms with Crippen LogP contribution in [-0.4, -0.2) is 18.0 Å². The molecule has 0 saturated carbocycles. The van der Waals surface area contributed by atoms with Crippen LogP contribution in [0.2, 0.25) is 0 Å². The number of halogens is 1.